The first-order valence-corrected chi connectivity index (χ1v) is 8.47. The molecule has 3 rings (SSSR count). The number of nitrogens with zero attached hydrogens (tertiary/aromatic N) is 2. The maximum Gasteiger partial charge on any atom is 0.294 e. The van der Waals surface area contributed by atoms with Crippen LogP contribution in [0.4, 0.5) is 5.69 Å². The van der Waals surface area contributed by atoms with Crippen molar-refractivity contribution in [2.45, 2.75) is 11.3 Å². The molecule has 126 valence electrons. The lowest BCUT2D eigenvalue weighted by Crippen LogP contribution is -2.11. The molecule has 2 aromatic carbocycles. The first kappa shape index (κ1) is 16.6. The summed E-state index contributed by atoms with van der Waals surface area (Å²) in [6.07, 6.45) is -0.368. The number of oxazole rings is 1. The van der Waals surface area contributed by atoms with Gasteiger partial charge in [-0.3, -0.25) is 9.35 Å². The molecule has 0 aliphatic heterocycles. The molecule has 0 atom stereocenters. The number of benzene rings is 2. The molecule has 0 aliphatic carbocycles. The molecule has 0 saturated heterocycles. The number of carbonyl (C=O) groups is 1. The molecule has 0 unspecified atom stereocenters. The van der Waals surface area contributed by atoms with Gasteiger partial charge >= 0.3 is 0 Å². The fourth-order valence-corrected chi connectivity index (χ4v) is 2.73. The molecule has 0 radical (unpaired) electrons. The van der Waals surface area contributed by atoms with Crippen molar-refractivity contribution in [3.05, 3.63) is 42.5 Å². The zero-order valence-corrected chi connectivity index (χ0v) is 13.4. The van der Waals surface area contributed by atoms with Gasteiger partial charge in [0, 0.05) is 0 Å². The molecular formula is C16H11N3O5S. The average Bonchev–Trinajstić information content (AvgIpc) is 2.98. The molecule has 25 heavy (non-hydrogen) atoms. The topological polar surface area (TPSA) is 133 Å². The Morgan fingerprint density at radius 3 is 2.72 bits per heavy atom. The summed E-state index contributed by atoms with van der Waals surface area (Å²) < 4.78 is 37.6. The van der Waals surface area contributed by atoms with Crippen LogP contribution in [0.5, 0.6) is 0 Å². The monoisotopic (exact) mass is 357 g/mol. The van der Waals surface area contributed by atoms with E-state index in [4.69, 9.17) is 9.68 Å². The second-order valence-electron chi connectivity index (χ2n) is 5.05. The van der Waals surface area contributed by atoms with Gasteiger partial charge in [-0.15, -0.1) is 0 Å². The fraction of sp³-hybridized carbons (Fsp3) is 0.0625. The second kappa shape index (κ2) is 6.35. The van der Waals surface area contributed by atoms with E-state index in [-0.39, 0.29) is 28.5 Å². The van der Waals surface area contributed by atoms with Crippen LogP contribution in [0.3, 0.4) is 0 Å². The Bertz CT molecular complexity index is 1080. The molecule has 3 aromatic rings. The van der Waals surface area contributed by atoms with Crippen molar-refractivity contribution in [1.29, 1.82) is 5.26 Å². The Kier molecular flexibility index (Phi) is 4.22. The van der Waals surface area contributed by atoms with Crippen LogP contribution in [0.25, 0.3) is 22.6 Å². The molecule has 0 spiro atoms. The van der Waals surface area contributed by atoms with Crippen molar-refractivity contribution in [1.82, 2.24) is 4.98 Å². The maximum absolute atomic E-state index is 11.7. The molecule has 9 heteroatoms. The summed E-state index contributed by atoms with van der Waals surface area (Å²) in [6.45, 7) is 0. The van der Waals surface area contributed by atoms with Gasteiger partial charge in [0.2, 0.25) is 11.8 Å². The number of rotatable bonds is 4. The standard InChI is InChI=1S/C16H11N3O5S/c17-8-7-15(20)18-12-6-5-10(25(21,22)23)9-11(12)16-19-13-3-1-2-4-14(13)24-16/h1-6,9H,7H2,(H,18,20)(H,21,22,23). The van der Waals surface area contributed by atoms with Crippen LogP contribution in [-0.4, -0.2) is 23.9 Å². The second-order valence-corrected chi connectivity index (χ2v) is 6.47. The van der Waals surface area contributed by atoms with Gasteiger partial charge in [-0.2, -0.15) is 13.7 Å². The average molecular weight is 357 g/mol. The lowest BCUT2D eigenvalue weighted by Gasteiger charge is -2.09. The highest BCUT2D eigenvalue weighted by atomic mass is 32.2. The van der Waals surface area contributed by atoms with Crippen molar-refractivity contribution in [3.8, 4) is 17.5 Å². The number of hydrogen-bond donors (Lipinski definition) is 2. The summed E-state index contributed by atoms with van der Waals surface area (Å²) in [5, 5.41) is 11.1. The summed E-state index contributed by atoms with van der Waals surface area (Å²) in [5.41, 5.74) is 1.39. The molecule has 8 nitrogen and oxygen atoms in total. The number of aromatic nitrogens is 1. The van der Waals surface area contributed by atoms with Gasteiger partial charge in [-0.1, -0.05) is 12.1 Å². The Balaban J connectivity index is 2.16. The highest BCUT2D eigenvalue weighted by Gasteiger charge is 2.19. The highest BCUT2D eigenvalue weighted by molar-refractivity contribution is 7.85. The summed E-state index contributed by atoms with van der Waals surface area (Å²) >= 11 is 0. The van der Waals surface area contributed by atoms with Crippen LogP contribution < -0.4 is 5.32 Å². The van der Waals surface area contributed by atoms with E-state index in [1.54, 1.807) is 30.3 Å². The van der Waals surface area contributed by atoms with Gasteiger partial charge in [-0.05, 0) is 30.3 Å². The van der Waals surface area contributed by atoms with Gasteiger partial charge in [0.1, 0.15) is 11.9 Å². The molecule has 1 aromatic heterocycles. The number of amides is 1. The Morgan fingerprint density at radius 2 is 2.04 bits per heavy atom. The number of nitriles is 1. The highest BCUT2D eigenvalue weighted by Crippen LogP contribution is 2.32. The van der Waals surface area contributed by atoms with Gasteiger partial charge in [0.25, 0.3) is 10.1 Å². The minimum atomic E-state index is -4.45. The van der Waals surface area contributed by atoms with E-state index in [1.165, 1.54) is 6.07 Å². The smallest absolute Gasteiger partial charge is 0.294 e. The number of nitrogens with one attached hydrogen (secondary N) is 1. The third kappa shape index (κ3) is 3.50. The van der Waals surface area contributed by atoms with Gasteiger partial charge in [-0.25, -0.2) is 4.98 Å². The van der Waals surface area contributed by atoms with Crippen LogP contribution in [0, 0.1) is 11.3 Å². The van der Waals surface area contributed by atoms with Crippen molar-refractivity contribution in [2.75, 3.05) is 5.32 Å². The van der Waals surface area contributed by atoms with Crippen molar-refractivity contribution < 1.29 is 22.2 Å². The lowest BCUT2D eigenvalue weighted by molar-refractivity contribution is -0.115. The zero-order valence-electron chi connectivity index (χ0n) is 12.6. The Hall–Kier alpha value is -3.22. The van der Waals surface area contributed by atoms with E-state index in [1.807, 2.05) is 0 Å². The van der Waals surface area contributed by atoms with E-state index in [2.05, 4.69) is 10.3 Å². The van der Waals surface area contributed by atoms with E-state index in [0.717, 1.165) is 12.1 Å². The molecule has 1 heterocycles. The summed E-state index contributed by atoms with van der Waals surface area (Å²) in [7, 11) is -4.45. The quantitative estimate of drug-likeness (QED) is 0.685. The predicted molar refractivity (Wildman–Crippen MR) is 88.1 cm³/mol. The van der Waals surface area contributed by atoms with E-state index in [0.29, 0.717) is 11.1 Å². The SMILES string of the molecule is N#CCC(=O)Nc1ccc(S(=O)(=O)O)cc1-c1nc2ccccc2o1. The lowest BCUT2D eigenvalue weighted by atomic mass is 10.1. The zero-order chi connectivity index (χ0) is 18.0. The number of hydrogen-bond acceptors (Lipinski definition) is 6. The van der Waals surface area contributed by atoms with Crippen LogP contribution >= 0.6 is 0 Å². The largest absolute Gasteiger partial charge is 0.436 e. The Labute approximate surface area is 142 Å². The van der Waals surface area contributed by atoms with E-state index in [9.17, 15) is 17.8 Å². The summed E-state index contributed by atoms with van der Waals surface area (Å²) in [5.74, 6) is -0.501. The number of anilines is 1. The fourth-order valence-electron chi connectivity index (χ4n) is 2.22. The van der Waals surface area contributed by atoms with Gasteiger partial charge < -0.3 is 9.73 Å². The molecule has 1 amide bonds. The van der Waals surface area contributed by atoms with Crippen LogP contribution in [-0.2, 0) is 14.9 Å². The maximum atomic E-state index is 11.7. The van der Waals surface area contributed by atoms with Gasteiger partial charge in [0.05, 0.1) is 22.2 Å². The molecule has 0 bridgehead atoms. The number of para-hydroxylation sites is 2. The molecule has 2 N–H and O–H groups in total. The number of carbonyl (C=O) groups excluding carboxylic acids is 1. The summed E-state index contributed by atoms with van der Waals surface area (Å²) in [6, 6.07) is 12.2. The first-order valence-electron chi connectivity index (χ1n) is 7.03. The van der Waals surface area contributed by atoms with Crippen LogP contribution in [0.15, 0.2) is 51.8 Å². The molecule has 0 aliphatic rings. The third-order valence-electron chi connectivity index (χ3n) is 3.33. The van der Waals surface area contributed by atoms with Crippen molar-refractivity contribution in [3.63, 3.8) is 0 Å². The van der Waals surface area contributed by atoms with Crippen molar-refractivity contribution in [2.24, 2.45) is 0 Å². The minimum Gasteiger partial charge on any atom is -0.436 e. The van der Waals surface area contributed by atoms with Gasteiger partial charge in [0.15, 0.2) is 5.58 Å². The van der Waals surface area contributed by atoms with E-state index >= 15 is 0 Å². The number of fused-ring (bicyclic) bond motifs is 1. The third-order valence-corrected chi connectivity index (χ3v) is 4.18. The summed E-state index contributed by atoms with van der Waals surface area (Å²) in [4.78, 5) is 15.6. The molecular weight excluding hydrogens is 346 g/mol. The minimum absolute atomic E-state index is 0.0685. The van der Waals surface area contributed by atoms with Crippen molar-refractivity contribution >= 4 is 32.8 Å². The van der Waals surface area contributed by atoms with Crippen LogP contribution in [0.1, 0.15) is 6.42 Å². The molecule has 0 saturated carbocycles. The normalized spacial score (nSPS) is 11.2. The Morgan fingerprint density at radius 1 is 1.28 bits per heavy atom. The first-order chi connectivity index (χ1) is 11.9. The predicted octanol–water partition coefficient (Wildman–Crippen LogP) is 2.59. The van der Waals surface area contributed by atoms with Crippen LogP contribution in [0.2, 0.25) is 0 Å². The molecule has 0 fully saturated rings. The van der Waals surface area contributed by atoms with E-state index < -0.39 is 16.0 Å².